The number of nitrogens with zero attached hydrogens (tertiary/aromatic N) is 2. The molecule has 0 radical (unpaired) electrons. The van der Waals surface area contributed by atoms with Crippen LogP contribution in [0.25, 0.3) is 0 Å². The second kappa shape index (κ2) is 7.88. The fraction of sp³-hybridized carbons (Fsp3) is 0.818. The molecule has 1 N–H and O–H groups in total. The minimum atomic E-state index is -0.392. The first kappa shape index (κ1) is 14.7. The summed E-state index contributed by atoms with van der Waals surface area (Å²) < 4.78 is 9.40. The predicted octanol–water partition coefficient (Wildman–Crippen LogP) is -0.704. The molecule has 0 unspecified atom stereocenters. The van der Waals surface area contributed by atoms with Gasteiger partial charge in [0.05, 0.1) is 20.1 Å². The maximum Gasteiger partial charge on any atom is 0.409 e. The third-order valence-corrected chi connectivity index (χ3v) is 2.81. The van der Waals surface area contributed by atoms with E-state index < -0.39 is 6.09 Å². The maximum atomic E-state index is 11.5. The molecule has 0 aliphatic carbocycles. The molecule has 0 aromatic heterocycles. The molecule has 1 aliphatic rings. The molecule has 1 heterocycles. The van der Waals surface area contributed by atoms with E-state index in [1.165, 1.54) is 7.11 Å². The molecule has 0 aromatic carbocycles. The van der Waals surface area contributed by atoms with Gasteiger partial charge in [0.25, 0.3) is 0 Å². The summed E-state index contributed by atoms with van der Waals surface area (Å²) in [6.45, 7) is 3.09. The molecule has 0 aromatic rings. The van der Waals surface area contributed by atoms with Crippen molar-refractivity contribution in [1.29, 1.82) is 0 Å². The summed E-state index contributed by atoms with van der Waals surface area (Å²) in [5.41, 5.74) is 0. The predicted molar refractivity (Wildman–Crippen MR) is 63.1 cm³/mol. The van der Waals surface area contributed by atoms with Gasteiger partial charge in [0, 0.05) is 32.7 Å². The Morgan fingerprint density at radius 2 is 1.89 bits per heavy atom. The van der Waals surface area contributed by atoms with Crippen LogP contribution in [0.1, 0.15) is 6.42 Å². The lowest BCUT2D eigenvalue weighted by Gasteiger charge is -2.33. The largest absolute Gasteiger partial charge is 0.469 e. The van der Waals surface area contributed by atoms with Crippen LogP contribution in [0.2, 0.25) is 0 Å². The molecule has 0 saturated carbocycles. The molecule has 18 heavy (non-hydrogen) atoms. The van der Waals surface area contributed by atoms with Crippen molar-refractivity contribution in [2.45, 2.75) is 6.42 Å². The first-order valence-corrected chi connectivity index (χ1v) is 5.99. The zero-order valence-electron chi connectivity index (χ0n) is 10.6. The Balaban J connectivity index is 2.20. The van der Waals surface area contributed by atoms with Crippen LogP contribution in [0.3, 0.4) is 0 Å². The molecule has 1 fully saturated rings. The second-order valence-corrected chi connectivity index (χ2v) is 3.99. The SMILES string of the molecule is COC(=O)CCN1CCN(C(=O)OCCO)CC1. The van der Waals surface area contributed by atoms with Crippen molar-refractivity contribution in [3.8, 4) is 0 Å². The summed E-state index contributed by atoms with van der Waals surface area (Å²) in [4.78, 5) is 26.2. The molecule has 0 atom stereocenters. The van der Waals surface area contributed by atoms with Crippen LogP contribution in [0, 0.1) is 0 Å². The van der Waals surface area contributed by atoms with Crippen molar-refractivity contribution < 1.29 is 24.2 Å². The monoisotopic (exact) mass is 260 g/mol. The number of carbonyl (C=O) groups is 2. The minimum Gasteiger partial charge on any atom is -0.469 e. The third-order valence-electron chi connectivity index (χ3n) is 2.81. The van der Waals surface area contributed by atoms with Crippen molar-refractivity contribution in [1.82, 2.24) is 9.80 Å². The van der Waals surface area contributed by atoms with Crippen LogP contribution >= 0.6 is 0 Å². The van der Waals surface area contributed by atoms with Gasteiger partial charge in [0.1, 0.15) is 6.61 Å². The highest BCUT2D eigenvalue weighted by Gasteiger charge is 2.22. The van der Waals surface area contributed by atoms with Gasteiger partial charge in [-0.25, -0.2) is 4.79 Å². The van der Waals surface area contributed by atoms with Gasteiger partial charge in [0.2, 0.25) is 0 Å². The van der Waals surface area contributed by atoms with E-state index in [-0.39, 0.29) is 19.2 Å². The van der Waals surface area contributed by atoms with Crippen molar-refractivity contribution >= 4 is 12.1 Å². The number of aliphatic hydroxyl groups is 1. The van der Waals surface area contributed by atoms with Crippen LogP contribution in [-0.2, 0) is 14.3 Å². The summed E-state index contributed by atoms with van der Waals surface area (Å²) in [6.07, 6.45) is -0.0254. The lowest BCUT2D eigenvalue weighted by Crippen LogP contribution is -2.49. The quantitative estimate of drug-likeness (QED) is 0.658. The molecule has 0 spiro atoms. The van der Waals surface area contributed by atoms with E-state index in [1.54, 1.807) is 4.90 Å². The Morgan fingerprint density at radius 3 is 2.44 bits per heavy atom. The van der Waals surface area contributed by atoms with Gasteiger partial charge in [-0.15, -0.1) is 0 Å². The first-order valence-electron chi connectivity index (χ1n) is 5.99. The standard InChI is InChI=1S/C11H20N2O5/c1-17-10(15)2-3-12-4-6-13(7-5-12)11(16)18-9-8-14/h14H,2-9H2,1H3. The van der Waals surface area contributed by atoms with Crippen LogP contribution in [-0.4, -0.2) is 80.0 Å². The summed E-state index contributed by atoms with van der Waals surface area (Å²) in [6, 6.07) is 0. The normalized spacial score (nSPS) is 16.4. The summed E-state index contributed by atoms with van der Waals surface area (Å²) in [5.74, 6) is -0.222. The zero-order chi connectivity index (χ0) is 13.4. The van der Waals surface area contributed by atoms with Crippen LogP contribution in [0.4, 0.5) is 4.79 Å². The Bertz CT molecular complexity index is 277. The van der Waals surface area contributed by atoms with Crippen LogP contribution < -0.4 is 0 Å². The molecule has 0 bridgehead atoms. The van der Waals surface area contributed by atoms with E-state index in [4.69, 9.17) is 9.84 Å². The highest BCUT2D eigenvalue weighted by Crippen LogP contribution is 2.04. The van der Waals surface area contributed by atoms with E-state index in [1.807, 2.05) is 0 Å². The van der Waals surface area contributed by atoms with Gasteiger partial charge >= 0.3 is 12.1 Å². The fourth-order valence-corrected chi connectivity index (χ4v) is 1.73. The van der Waals surface area contributed by atoms with E-state index in [0.717, 1.165) is 0 Å². The maximum absolute atomic E-state index is 11.5. The van der Waals surface area contributed by atoms with Crippen LogP contribution in [0.5, 0.6) is 0 Å². The Morgan fingerprint density at radius 1 is 1.22 bits per heavy atom. The Hall–Kier alpha value is -1.34. The van der Waals surface area contributed by atoms with E-state index >= 15 is 0 Å². The van der Waals surface area contributed by atoms with Gasteiger partial charge in [-0.3, -0.25) is 9.69 Å². The topological polar surface area (TPSA) is 79.3 Å². The second-order valence-electron chi connectivity index (χ2n) is 3.99. The number of ether oxygens (including phenoxy) is 2. The van der Waals surface area contributed by atoms with Crippen molar-refractivity contribution in [3.63, 3.8) is 0 Å². The number of aliphatic hydroxyl groups excluding tert-OH is 1. The van der Waals surface area contributed by atoms with Gasteiger partial charge in [-0.1, -0.05) is 0 Å². The molecule has 1 rings (SSSR count). The van der Waals surface area contributed by atoms with Gasteiger partial charge in [-0.2, -0.15) is 0 Å². The molecule has 104 valence electrons. The highest BCUT2D eigenvalue weighted by atomic mass is 16.6. The molecule has 1 saturated heterocycles. The number of carbonyl (C=O) groups excluding carboxylic acids is 2. The minimum absolute atomic E-state index is 0.0292. The van der Waals surface area contributed by atoms with E-state index in [9.17, 15) is 9.59 Å². The Kier molecular flexibility index (Phi) is 6.45. The smallest absolute Gasteiger partial charge is 0.409 e. The summed E-state index contributed by atoms with van der Waals surface area (Å²) >= 11 is 0. The average molecular weight is 260 g/mol. The molecule has 7 nitrogen and oxygen atoms in total. The lowest BCUT2D eigenvalue weighted by atomic mass is 10.3. The van der Waals surface area contributed by atoms with Crippen LogP contribution in [0.15, 0.2) is 0 Å². The van der Waals surface area contributed by atoms with E-state index in [0.29, 0.717) is 39.1 Å². The molecular weight excluding hydrogens is 240 g/mol. The zero-order valence-corrected chi connectivity index (χ0v) is 10.6. The van der Waals surface area contributed by atoms with Gasteiger partial charge < -0.3 is 19.5 Å². The van der Waals surface area contributed by atoms with Gasteiger partial charge in [0.15, 0.2) is 0 Å². The number of hydrogen-bond acceptors (Lipinski definition) is 6. The fourth-order valence-electron chi connectivity index (χ4n) is 1.73. The molecular formula is C11H20N2O5. The first-order chi connectivity index (χ1) is 8.67. The number of hydrogen-bond donors (Lipinski definition) is 1. The van der Waals surface area contributed by atoms with E-state index in [2.05, 4.69) is 9.64 Å². The van der Waals surface area contributed by atoms with Crippen molar-refractivity contribution in [2.24, 2.45) is 0 Å². The van der Waals surface area contributed by atoms with Crippen molar-refractivity contribution in [3.05, 3.63) is 0 Å². The molecule has 1 aliphatic heterocycles. The number of methoxy groups -OCH3 is 1. The summed E-state index contributed by atoms with van der Waals surface area (Å²) in [7, 11) is 1.37. The summed E-state index contributed by atoms with van der Waals surface area (Å²) in [5, 5.41) is 8.55. The van der Waals surface area contributed by atoms with Crippen molar-refractivity contribution in [2.75, 3.05) is 53.0 Å². The Labute approximate surface area is 106 Å². The average Bonchev–Trinajstić information content (AvgIpc) is 2.42. The molecule has 1 amide bonds. The number of amides is 1. The number of esters is 1. The lowest BCUT2D eigenvalue weighted by molar-refractivity contribution is -0.141. The number of piperazine rings is 1. The third kappa shape index (κ3) is 4.89. The molecule has 7 heteroatoms. The van der Waals surface area contributed by atoms with Gasteiger partial charge in [-0.05, 0) is 0 Å². The highest BCUT2D eigenvalue weighted by molar-refractivity contribution is 5.69. The number of rotatable bonds is 5.